The Balaban J connectivity index is 1.81. The molecule has 0 bridgehead atoms. The second-order valence-corrected chi connectivity index (χ2v) is 6.88. The van der Waals surface area contributed by atoms with Crippen LogP contribution in [0.15, 0.2) is 60.7 Å². The third-order valence-electron chi connectivity index (χ3n) is 2.66. The van der Waals surface area contributed by atoms with E-state index < -0.39 is 20.9 Å². The van der Waals surface area contributed by atoms with E-state index >= 15 is 0 Å². The van der Waals surface area contributed by atoms with Crippen LogP contribution in [0.1, 0.15) is 20.7 Å². The van der Waals surface area contributed by atoms with Crippen molar-refractivity contribution >= 4 is 32.5 Å². The van der Waals surface area contributed by atoms with E-state index in [0.717, 1.165) is 11.1 Å². The Labute approximate surface area is 122 Å². The summed E-state index contributed by atoms with van der Waals surface area (Å²) < 4.78 is 1.10. The molecule has 0 heterocycles. The fourth-order valence-electron chi connectivity index (χ4n) is 1.65. The zero-order valence-corrected chi connectivity index (χ0v) is 12.7. The van der Waals surface area contributed by atoms with E-state index in [4.69, 9.17) is 0 Å². The van der Waals surface area contributed by atoms with Crippen molar-refractivity contribution in [2.24, 2.45) is 0 Å². The van der Waals surface area contributed by atoms with Gasteiger partial charge in [-0.05, 0) is 0 Å². The fraction of sp³-hybridized carbons (Fsp3) is 0.125. The summed E-state index contributed by atoms with van der Waals surface area (Å²) in [4.78, 5) is 23.8. The maximum atomic E-state index is 11.9. The Morgan fingerprint density at radius 3 is 1.42 bits per heavy atom. The standard InChI is InChI=1S/C16H14O2Te/c17-15(13-7-3-1-4-8-13)11-19-12-16(18)14-9-5-2-6-10-14/h1-10H,11-12H2. The molecule has 0 aliphatic rings. The third kappa shape index (κ3) is 4.31. The number of rotatable bonds is 6. The Morgan fingerprint density at radius 2 is 1.05 bits per heavy atom. The average molecular weight is 366 g/mol. The fourth-order valence-corrected chi connectivity index (χ4v) is 3.95. The summed E-state index contributed by atoms with van der Waals surface area (Å²) in [7, 11) is 0. The van der Waals surface area contributed by atoms with Crippen LogP contribution in [-0.2, 0) is 0 Å². The Kier molecular flexibility index (Phi) is 5.32. The minimum atomic E-state index is -0.589. The first kappa shape index (κ1) is 14.0. The molecule has 0 atom stereocenters. The molecule has 0 unspecified atom stereocenters. The summed E-state index contributed by atoms with van der Waals surface area (Å²) in [6, 6.07) is 18.6. The second kappa shape index (κ2) is 7.23. The molecule has 0 N–H and O–H groups in total. The summed E-state index contributed by atoms with van der Waals surface area (Å²) in [6.45, 7) is 0. The molecule has 2 rings (SSSR count). The summed E-state index contributed by atoms with van der Waals surface area (Å²) >= 11 is -0.589. The van der Waals surface area contributed by atoms with Crippen LogP contribution < -0.4 is 0 Å². The minimum absolute atomic E-state index is 0.156. The van der Waals surface area contributed by atoms with Crippen LogP contribution in [0.2, 0.25) is 8.94 Å². The summed E-state index contributed by atoms with van der Waals surface area (Å²) in [5.74, 6) is 0.313. The van der Waals surface area contributed by atoms with E-state index in [-0.39, 0.29) is 11.6 Å². The molecule has 2 aromatic rings. The summed E-state index contributed by atoms with van der Waals surface area (Å²) in [6.07, 6.45) is 0. The van der Waals surface area contributed by atoms with Gasteiger partial charge in [0, 0.05) is 0 Å². The number of hydrogen-bond donors (Lipinski definition) is 0. The molecule has 0 fully saturated rings. The van der Waals surface area contributed by atoms with Crippen LogP contribution in [0.25, 0.3) is 0 Å². The molecule has 96 valence electrons. The van der Waals surface area contributed by atoms with Crippen molar-refractivity contribution in [3.63, 3.8) is 0 Å². The van der Waals surface area contributed by atoms with Crippen LogP contribution in [0, 0.1) is 0 Å². The average Bonchev–Trinajstić information content (AvgIpc) is 2.49. The molecule has 0 amide bonds. The molecule has 2 nitrogen and oxygen atoms in total. The number of carbonyl (C=O) groups excluding carboxylic acids is 2. The molecule has 19 heavy (non-hydrogen) atoms. The van der Waals surface area contributed by atoms with Crippen molar-refractivity contribution in [2.45, 2.75) is 8.94 Å². The van der Waals surface area contributed by atoms with Gasteiger partial charge in [-0.25, -0.2) is 0 Å². The Morgan fingerprint density at radius 1 is 0.684 bits per heavy atom. The molecule has 0 aromatic heterocycles. The van der Waals surface area contributed by atoms with E-state index in [9.17, 15) is 9.59 Å². The second-order valence-electron chi connectivity index (χ2n) is 4.07. The van der Waals surface area contributed by atoms with Crippen LogP contribution in [0.3, 0.4) is 0 Å². The molecular weight excluding hydrogens is 352 g/mol. The van der Waals surface area contributed by atoms with Gasteiger partial charge in [0.1, 0.15) is 0 Å². The zero-order chi connectivity index (χ0) is 13.5. The van der Waals surface area contributed by atoms with Crippen LogP contribution in [-0.4, -0.2) is 32.5 Å². The van der Waals surface area contributed by atoms with E-state index in [0.29, 0.717) is 8.94 Å². The molecule has 3 heteroatoms. The molecule has 0 aliphatic carbocycles. The first-order valence-corrected chi connectivity index (χ1v) is 9.31. The van der Waals surface area contributed by atoms with Gasteiger partial charge in [0.05, 0.1) is 0 Å². The van der Waals surface area contributed by atoms with E-state index in [2.05, 4.69) is 0 Å². The van der Waals surface area contributed by atoms with Gasteiger partial charge < -0.3 is 0 Å². The van der Waals surface area contributed by atoms with Gasteiger partial charge in [-0.15, -0.1) is 0 Å². The first-order valence-electron chi connectivity index (χ1n) is 6.01. The zero-order valence-electron chi connectivity index (χ0n) is 10.4. The predicted molar refractivity (Wildman–Crippen MR) is 76.9 cm³/mol. The van der Waals surface area contributed by atoms with E-state index in [1.807, 2.05) is 60.7 Å². The van der Waals surface area contributed by atoms with Gasteiger partial charge in [0.2, 0.25) is 0 Å². The van der Waals surface area contributed by atoms with Crippen LogP contribution in [0.5, 0.6) is 0 Å². The molecule has 0 saturated heterocycles. The Hall–Kier alpha value is -1.43. The predicted octanol–water partition coefficient (Wildman–Crippen LogP) is 3.29. The van der Waals surface area contributed by atoms with E-state index in [1.54, 1.807) is 0 Å². The van der Waals surface area contributed by atoms with Crippen LogP contribution in [0.4, 0.5) is 0 Å². The van der Waals surface area contributed by atoms with Gasteiger partial charge in [-0.1, -0.05) is 0 Å². The summed E-state index contributed by atoms with van der Waals surface area (Å²) in [5.41, 5.74) is 1.50. The first-order chi connectivity index (χ1) is 9.27. The van der Waals surface area contributed by atoms with Crippen molar-refractivity contribution in [1.29, 1.82) is 0 Å². The van der Waals surface area contributed by atoms with Gasteiger partial charge in [-0.2, -0.15) is 0 Å². The van der Waals surface area contributed by atoms with E-state index in [1.165, 1.54) is 0 Å². The molecule has 2 aromatic carbocycles. The van der Waals surface area contributed by atoms with Gasteiger partial charge in [-0.3, -0.25) is 0 Å². The van der Waals surface area contributed by atoms with Crippen molar-refractivity contribution < 1.29 is 9.59 Å². The van der Waals surface area contributed by atoms with Gasteiger partial charge in [0.15, 0.2) is 0 Å². The molecule has 0 radical (unpaired) electrons. The molecule has 0 aliphatic heterocycles. The van der Waals surface area contributed by atoms with Crippen LogP contribution >= 0.6 is 0 Å². The number of ketones is 2. The summed E-state index contributed by atoms with van der Waals surface area (Å²) in [5, 5.41) is 0. The number of hydrogen-bond acceptors (Lipinski definition) is 2. The van der Waals surface area contributed by atoms with Gasteiger partial charge in [0.25, 0.3) is 0 Å². The van der Waals surface area contributed by atoms with Crippen molar-refractivity contribution in [3.05, 3.63) is 71.8 Å². The number of benzene rings is 2. The maximum absolute atomic E-state index is 11.9. The Bertz CT molecular complexity index is 498. The molecule has 0 spiro atoms. The SMILES string of the molecule is O=C(C[Te]CC(=O)c1ccccc1)c1ccccc1. The van der Waals surface area contributed by atoms with Crippen molar-refractivity contribution in [2.75, 3.05) is 0 Å². The molecule has 0 saturated carbocycles. The monoisotopic (exact) mass is 368 g/mol. The number of Topliss-reactive ketones (excluding diaryl/α,β-unsaturated/α-hetero) is 2. The van der Waals surface area contributed by atoms with Crippen molar-refractivity contribution in [1.82, 2.24) is 0 Å². The molecular formula is C16H14O2Te. The van der Waals surface area contributed by atoms with Gasteiger partial charge >= 0.3 is 123 Å². The quantitative estimate of drug-likeness (QED) is 0.581. The third-order valence-corrected chi connectivity index (χ3v) is 5.32. The topological polar surface area (TPSA) is 34.1 Å². The normalized spacial score (nSPS) is 10.1. The number of carbonyl (C=O) groups is 2. The van der Waals surface area contributed by atoms with Crippen molar-refractivity contribution in [3.8, 4) is 0 Å².